The number of amides is 1. The standard InChI is InChI=1S/C14H22N2O2/c1-3-8-15-14(18)11(2)16-9-12-4-6-13(10-17)7-5-12/h4-7,11,16-17H,3,8-10H2,1-2H3,(H,15,18). The third-order valence-electron chi connectivity index (χ3n) is 2.76. The first-order valence-electron chi connectivity index (χ1n) is 6.37. The average Bonchev–Trinajstić information content (AvgIpc) is 2.42. The topological polar surface area (TPSA) is 61.4 Å². The third-order valence-corrected chi connectivity index (χ3v) is 2.76. The van der Waals surface area contributed by atoms with Gasteiger partial charge in [0.25, 0.3) is 0 Å². The lowest BCUT2D eigenvalue weighted by atomic mass is 10.1. The smallest absolute Gasteiger partial charge is 0.236 e. The quantitative estimate of drug-likeness (QED) is 0.681. The Hall–Kier alpha value is -1.39. The highest BCUT2D eigenvalue weighted by molar-refractivity contribution is 5.81. The molecule has 1 aromatic carbocycles. The Labute approximate surface area is 108 Å². The second kappa shape index (κ2) is 7.84. The zero-order chi connectivity index (χ0) is 13.4. The van der Waals surface area contributed by atoms with Crippen molar-refractivity contribution in [1.29, 1.82) is 0 Å². The zero-order valence-corrected chi connectivity index (χ0v) is 11.1. The lowest BCUT2D eigenvalue weighted by molar-refractivity contribution is -0.122. The fourth-order valence-electron chi connectivity index (χ4n) is 1.53. The highest BCUT2D eigenvalue weighted by Crippen LogP contribution is 2.04. The Kier molecular flexibility index (Phi) is 6.39. The predicted molar refractivity (Wildman–Crippen MR) is 72.0 cm³/mol. The van der Waals surface area contributed by atoms with Gasteiger partial charge in [0, 0.05) is 13.1 Å². The van der Waals surface area contributed by atoms with Crippen LogP contribution in [0.15, 0.2) is 24.3 Å². The van der Waals surface area contributed by atoms with Crippen molar-refractivity contribution in [3.05, 3.63) is 35.4 Å². The molecule has 0 bridgehead atoms. The van der Waals surface area contributed by atoms with Crippen molar-refractivity contribution in [3.63, 3.8) is 0 Å². The zero-order valence-electron chi connectivity index (χ0n) is 11.1. The minimum absolute atomic E-state index is 0.0313. The number of rotatable bonds is 7. The molecule has 0 fully saturated rings. The Morgan fingerprint density at radius 2 is 1.89 bits per heavy atom. The highest BCUT2D eigenvalue weighted by atomic mass is 16.3. The van der Waals surface area contributed by atoms with Gasteiger partial charge in [-0.15, -0.1) is 0 Å². The van der Waals surface area contributed by atoms with Gasteiger partial charge in [-0.25, -0.2) is 0 Å². The first kappa shape index (κ1) is 14.7. The Morgan fingerprint density at radius 3 is 2.44 bits per heavy atom. The lowest BCUT2D eigenvalue weighted by Gasteiger charge is -2.13. The van der Waals surface area contributed by atoms with Gasteiger partial charge in [0.2, 0.25) is 5.91 Å². The molecule has 1 unspecified atom stereocenters. The first-order chi connectivity index (χ1) is 8.67. The van der Waals surface area contributed by atoms with E-state index < -0.39 is 0 Å². The molecule has 1 amide bonds. The number of aliphatic hydroxyl groups is 1. The van der Waals surface area contributed by atoms with E-state index in [1.807, 2.05) is 38.1 Å². The van der Waals surface area contributed by atoms with Crippen LogP contribution in [0.5, 0.6) is 0 Å². The molecule has 0 radical (unpaired) electrons. The summed E-state index contributed by atoms with van der Waals surface area (Å²) in [4.78, 5) is 11.6. The molecule has 100 valence electrons. The fourth-order valence-corrected chi connectivity index (χ4v) is 1.53. The second-order valence-corrected chi connectivity index (χ2v) is 4.37. The molecule has 0 aromatic heterocycles. The van der Waals surface area contributed by atoms with Crippen molar-refractivity contribution in [1.82, 2.24) is 10.6 Å². The van der Waals surface area contributed by atoms with E-state index in [0.29, 0.717) is 6.54 Å². The third kappa shape index (κ3) is 4.85. The van der Waals surface area contributed by atoms with Crippen molar-refractivity contribution >= 4 is 5.91 Å². The van der Waals surface area contributed by atoms with Crippen molar-refractivity contribution in [3.8, 4) is 0 Å². The Balaban J connectivity index is 2.36. The first-order valence-corrected chi connectivity index (χ1v) is 6.37. The van der Waals surface area contributed by atoms with Crippen LogP contribution in [0.25, 0.3) is 0 Å². The summed E-state index contributed by atoms with van der Waals surface area (Å²) in [5.41, 5.74) is 2.00. The van der Waals surface area contributed by atoms with Gasteiger partial charge in [-0.2, -0.15) is 0 Å². The van der Waals surface area contributed by atoms with E-state index in [9.17, 15) is 4.79 Å². The van der Waals surface area contributed by atoms with E-state index in [1.165, 1.54) is 0 Å². The van der Waals surface area contributed by atoms with E-state index in [0.717, 1.165) is 24.1 Å². The maximum absolute atomic E-state index is 11.6. The molecule has 0 aliphatic rings. The summed E-state index contributed by atoms with van der Waals surface area (Å²) in [5, 5.41) is 15.0. The SMILES string of the molecule is CCCNC(=O)C(C)NCc1ccc(CO)cc1. The van der Waals surface area contributed by atoms with Crippen LogP contribution in [0.2, 0.25) is 0 Å². The van der Waals surface area contributed by atoms with Gasteiger partial charge in [-0.1, -0.05) is 31.2 Å². The normalized spacial score (nSPS) is 12.2. The molecule has 0 aliphatic carbocycles. The maximum atomic E-state index is 11.6. The van der Waals surface area contributed by atoms with Gasteiger partial charge in [-0.05, 0) is 24.5 Å². The number of nitrogens with one attached hydrogen (secondary N) is 2. The van der Waals surface area contributed by atoms with Crippen molar-refractivity contribution < 1.29 is 9.90 Å². The largest absolute Gasteiger partial charge is 0.392 e. The summed E-state index contributed by atoms with van der Waals surface area (Å²) in [6, 6.07) is 7.48. The van der Waals surface area contributed by atoms with Gasteiger partial charge in [0.05, 0.1) is 12.6 Å². The Bertz CT molecular complexity index is 363. The number of carbonyl (C=O) groups excluding carboxylic acids is 1. The number of aliphatic hydroxyl groups excluding tert-OH is 1. The van der Waals surface area contributed by atoms with E-state index >= 15 is 0 Å². The molecule has 1 rings (SSSR count). The summed E-state index contributed by atoms with van der Waals surface area (Å²) >= 11 is 0. The maximum Gasteiger partial charge on any atom is 0.236 e. The van der Waals surface area contributed by atoms with Crippen LogP contribution < -0.4 is 10.6 Å². The van der Waals surface area contributed by atoms with Crippen LogP contribution in [-0.2, 0) is 17.9 Å². The summed E-state index contributed by atoms with van der Waals surface area (Å²) in [6.45, 7) is 5.31. The minimum atomic E-state index is -0.200. The molecule has 1 aromatic rings. The number of carbonyl (C=O) groups is 1. The van der Waals surface area contributed by atoms with Crippen LogP contribution in [0.3, 0.4) is 0 Å². The van der Waals surface area contributed by atoms with Crippen LogP contribution >= 0.6 is 0 Å². The molecule has 18 heavy (non-hydrogen) atoms. The van der Waals surface area contributed by atoms with Gasteiger partial charge >= 0.3 is 0 Å². The number of hydrogen-bond acceptors (Lipinski definition) is 3. The predicted octanol–water partition coefficient (Wildman–Crippen LogP) is 1.18. The molecule has 4 heteroatoms. The molecule has 1 atom stereocenters. The average molecular weight is 250 g/mol. The molecule has 0 aliphatic heterocycles. The van der Waals surface area contributed by atoms with E-state index in [1.54, 1.807) is 0 Å². The highest BCUT2D eigenvalue weighted by Gasteiger charge is 2.10. The number of benzene rings is 1. The monoisotopic (exact) mass is 250 g/mol. The van der Waals surface area contributed by atoms with Crippen LogP contribution in [-0.4, -0.2) is 23.6 Å². The second-order valence-electron chi connectivity index (χ2n) is 4.37. The van der Waals surface area contributed by atoms with E-state index in [4.69, 9.17) is 5.11 Å². The fraction of sp³-hybridized carbons (Fsp3) is 0.500. The summed E-state index contributed by atoms with van der Waals surface area (Å²) in [6.07, 6.45) is 0.946. The molecule has 3 N–H and O–H groups in total. The molecule has 0 saturated carbocycles. The van der Waals surface area contributed by atoms with E-state index in [2.05, 4.69) is 10.6 Å². The molecular formula is C14H22N2O2. The van der Waals surface area contributed by atoms with Crippen molar-refractivity contribution in [2.75, 3.05) is 6.54 Å². The molecule has 0 saturated heterocycles. The van der Waals surface area contributed by atoms with Gasteiger partial charge in [-0.3, -0.25) is 4.79 Å². The minimum Gasteiger partial charge on any atom is -0.392 e. The van der Waals surface area contributed by atoms with Gasteiger partial charge in [0.1, 0.15) is 0 Å². The van der Waals surface area contributed by atoms with Crippen LogP contribution in [0.4, 0.5) is 0 Å². The van der Waals surface area contributed by atoms with Gasteiger partial charge < -0.3 is 15.7 Å². The number of hydrogen-bond donors (Lipinski definition) is 3. The van der Waals surface area contributed by atoms with E-state index in [-0.39, 0.29) is 18.6 Å². The van der Waals surface area contributed by atoms with Gasteiger partial charge in [0.15, 0.2) is 0 Å². The Morgan fingerprint density at radius 1 is 1.28 bits per heavy atom. The van der Waals surface area contributed by atoms with Crippen LogP contribution in [0.1, 0.15) is 31.4 Å². The summed E-state index contributed by atoms with van der Waals surface area (Å²) in [5.74, 6) is 0.0313. The van der Waals surface area contributed by atoms with Crippen molar-refractivity contribution in [2.45, 2.75) is 39.5 Å². The molecule has 0 heterocycles. The summed E-state index contributed by atoms with van der Waals surface area (Å²) in [7, 11) is 0. The summed E-state index contributed by atoms with van der Waals surface area (Å²) < 4.78 is 0. The lowest BCUT2D eigenvalue weighted by Crippen LogP contribution is -2.42. The van der Waals surface area contributed by atoms with Crippen molar-refractivity contribution in [2.24, 2.45) is 0 Å². The molecule has 4 nitrogen and oxygen atoms in total. The molecular weight excluding hydrogens is 228 g/mol. The molecule has 0 spiro atoms. The van der Waals surface area contributed by atoms with Crippen LogP contribution in [0, 0.1) is 0 Å².